The molecule has 0 bridgehead atoms. The lowest BCUT2D eigenvalue weighted by Gasteiger charge is -2.28. The largest absolute Gasteiger partial charge is 0.463 e. The van der Waals surface area contributed by atoms with E-state index < -0.39 is 24.0 Å². The molecule has 3 heterocycles. The number of amides is 3. The maximum Gasteiger partial charge on any atom is 0.338 e. The number of ether oxygens (including phenoxy) is 2. The van der Waals surface area contributed by atoms with Gasteiger partial charge in [0.1, 0.15) is 6.61 Å². The van der Waals surface area contributed by atoms with E-state index in [0.29, 0.717) is 18.5 Å². The highest BCUT2D eigenvalue weighted by atomic mass is 32.1. The molecule has 1 aromatic carbocycles. The maximum atomic E-state index is 12.7. The Labute approximate surface area is 194 Å². The van der Waals surface area contributed by atoms with Crippen molar-refractivity contribution < 1.29 is 28.7 Å². The second-order valence-electron chi connectivity index (χ2n) is 7.43. The fourth-order valence-corrected chi connectivity index (χ4v) is 4.55. The van der Waals surface area contributed by atoms with E-state index in [4.69, 9.17) is 9.47 Å². The number of nitrogens with one attached hydrogen (secondary N) is 2. The van der Waals surface area contributed by atoms with Crippen molar-refractivity contribution in [2.75, 3.05) is 24.7 Å². The number of esters is 2. The van der Waals surface area contributed by atoms with E-state index in [2.05, 4.69) is 10.6 Å². The topological polar surface area (TPSA) is 114 Å². The van der Waals surface area contributed by atoms with Gasteiger partial charge in [0.25, 0.3) is 0 Å². The summed E-state index contributed by atoms with van der Waals surface area (Å²) in [7, 11) is 0. The molecule has 2 aliphatic heterocycles. The summed E-state index contributed by atoms with van der Waals surface area (Å²) in [6.45, 7) is 2.19. The smallest absolute Gasteiger partial charge is 0.338 e. The predicted molar refractivity (Wildman–Crippen MR) is 121 cm³/mol. The Balaban J connectivity index is 1.52. The third-order valence-electron chi connectivity index (χ3n) is 5.31. The summed E-state index contributed by atoms with van der Waals surface area (Å²) in [5.74, 6) is -1.16. The van der Waals surface area contributed by atoms with Crippen LogP contribution in [-0.4, -0.2) is 43.6 Å². The van der Waals surface area contributed by atoms with Crippen LogP contribution in [-0.2, 0) is 19.1 Å². The Morgan fingerprint density at radius 3 is 2.55 bits per heavy atom. The molecule has 33 heavy (non-hydrogen) atoms. The monoisotopic (exact) mass is 469 g/mol. The van der Waals surface area contributed by atoms with Crippen LogP contribution in [0.2, 0.25) is 0 Å². The Kier molecular flexibility index (Phi) is 6.74. The van der Waals surface area contributed by atoms with Gasteiger partial charge in [-0.2, -0.15) is 0 Å². The average molecular weight is 470 g/mol. The highest BCUT2D eigenvalue weighted by Gasteiger charge is 2.34. The number of thiophene rings is 1. The number of nitrogens with zero attached hydrogens (tertiary/aromatic N) is 1. The molecule has 2 N–H and O–H groups in total. The summed E-state index contributed by atoms with van der Waals surface area (Å²) in [4.78, 5) is 51.9. The molecule has 2 aromatic rings. The van der Waals surface area contributed by atoms with Crippen LogP contribution in [0.1, 0.15) is 41.0 Å². The minimum Gasteiger partial charge on any atom is -0.463 e. The van der Waals surface area contributed by atoms with Crippen molar-refractivity contribution in [1.82, 2.24) is 10.6 Å². The van der Waals surface area contributed by atoms with Gasteiger partial charge in [-0.3, -0.25) is 4.79 Å². The Morgan fingerprint density at radius 1 is 1.12 bits per heavy atom. The van der Waals surface area contributed by atoms with Crippen LogP contribution in [0.5, 0.6) is 0 Å². The number of urea groups is 1. The van der Waals surface area contributed by atoms with E-state index >= 15 is 0 Å². The standard InChI is InChI=1S/C23H23N3O6S/c1-2-31-22(29)19-16(24-23(30)25-20(19)17-5-4-12-33-17)13-32-21(28)14-7-9-15(10-8-14)26-11-3-6-18(26)27/h4-5,7-10,12,20H,2-3,6,11,13H2,1H3,(H2,24,25,30)/t20-/m0/s1. The molecule has 0 spiro atoms. The molecule has 0 saturated carbocycles. The summed E-state index contributed by atoms with van der Waals surface area (Å²) in [6, 6.07) is 8.96. The summed E-state index contributed by atoms with van der Waals surface area (Å²) >= 11 is 1.39. The van der Waals surface area contributed by atoms with Gasteiger partial charge in [-0.25, -0.2) is 14.4 Å². The van der Waals surface area contributed by atoms with Gasteiger partial charge in [0.2, 0.25) is 5.91 Å². The molecule has 9 nitrogen and oxygen atoms in total. The number of anilines is 1. The van der Waals surface area contributed by atoms with Crippen molar-refractivity contribution in [2.45, 2.75) is 25.8 Å². The second kappa shape index (κ2) is 9.86. The van der Waals surface area contributed by atoms with E-state index in [1.165, 1.54) is 11.3 Å². The van der Waals surface area contributed by atoms with Gasteiger partial charge in [-0.15, -0.1) is 11.3 Å². The van der Waals surface area contributed by atoms with Gasteiger partial charge in [-0.05, 0) is 49.1 Å². The molecule has 10 heteroatoms. The van der Waals surface area contributed by atoms with E-state index in [0.717, 1.165) is 17.0 Å². The summed E-state index contributed by atoms with van der Waals surface area (Å²) in [6.07, 6.45) is 1.34. The van der Waals surface area contributed by atoms with Crippen LogP contribution in [0.4, 0.5) is 10.5 Å². The van der Waals surface area contributed by atoms with E-state index in [-0.39, 0.29) is 30.4 Å². The Hall–Kier alpha value is -3.66. The first-order valence-corrected chi connectivity index (χ1v) is 11.4. The maximum absolute atomic E-state index is 12.7. The molecular formula is C23H23N3O6S. The number of carbonyl (C=O) groups excluding carboxylic acids is 4. The highest BCUT2D eigenvalue weighted by molar-refractivity contribution is 7.10. The van der Waals surface area contributed by atoms with Crippen molar-refractivity contribution in [3.63, 3.8) is 0 Å². The van der Waals surface area contributed by atoms with Crippen LogP contribution < -0.4 is 15.5 Å². The number of hydrogen-bond acceptors (Lipinski definition) is 7. The zero-order chi connectivity index (χ0) is 23.4. The summed E-state index contributed by atoms with van der Waals surface area (Å²) in [5.41, 5.74) is 1.38. The van der Waals surface area contributed by atoms with Gasteiger partial charge >= 0.3 is 18.0 Å². The first-order chi connectivity index (χ1) is 16.0. The molecule has 1 atom stereocenters. The minimum absolute atomic E-state index is 0.0608. The SMILES string of the molecule is CCOC(=O)C1=C(COC(=O)c2ccc(N3CCCC3=O)cc2)NC(=O)N[C@H]1c1cccs1. The van der Waals surface area contributed by atoms with Gasteiger partial charge < -0.3 is 25.0 Å². The van der Waals surface area contributed by atoms with Crippen LogP contribution in [0.15, 0.2) is 53.0 Å². The fourth-order valence-electron chi connectivity index (χ4n) is 3.77. The number of benzene rings is 1. The van der Waals surface area contributed by atoms with Gasteiger partial charge in [0.15, 0.2) is 0 Å². The normalized spacial score (nSPS) is 18.1. The number of rotatable bonds is 7. The number of carbonyl (C=O) groups is 4. The Morgan fingerprint density at radius 2 is 1.91 bits per heavy atom. The molecule has 0 radical (unpaired) electrons. The molecule has 0 unspecified atom stereocenters. The zero-order valence-electron chi connectivity index (χ0n) is 18.0. The van der Waals surface area contributed by atoms with Crippen molar-refractivity contribution in [3.05, 3.63) is 63.5 Å². The zero-order valence-corrected chi connectivity index (χ0v) is 18.8. The fraction of sp³-hybridized carbons (Fsp3) is 0.304. The van der Waals surface area contributed by atoms with Gasteiger partial charge in [0, 0.05) is 23.5 Å². The van der Waals surface area contributed by atoms with Gasteiger partial charge in [0.05, 0.1) is 29.5 Å². The van der Waals surface area contributed by atoms with Crippen molar-refractivity contribution >= 4 is 40.9 Å². The number of hydrogen-bond donors (Lipinski definition) is 2. The quantitative estimate of drug-likeness (QED) is 0.603. The lowest BCUT2D eigenvalue weighted by Crippen LogP contribution is -2.46. The molecule has 3 amide bonds. The summed E-state index contributed by atoms with van der Waals surface area (Å²) < 4.78 is 10.6. The molecular weight excluding hydrogens is 446 g/mol. The first-order valence-electron chi connectivity index (χ1n) is 10.6. The lowest BCUT2D eigenvalue weighted by molar-refractivity contribution is -0.139. The van der Waals surface area contributed by atoms with E-state index in [9.17, 15) is 19.2 Å². The van der Waals surface area contributed by atoms with Crippen LogP contribution >= 0.6 is 11.3 Å². The highest BCUT2D eigenvalue weighted by Crippen LogP contribution is 2.31. The van der Waals surface area contributed by atoms with Crippen LogP contribution in [0, 0.1) is 0 Å². The predicted octanol–water partition coefficient (Wildman–Crippen LogP) is 2.90. The molecule has 1 aromatic heterocycles. The third kappa shape index (κ3) is 4.90. The summed E-state index contributed by atoms with van der Waals surface area (Å²) in [5, 5.41) is 7.13. The molecule has 172 valence electrons. The first kappa shape index (κ1) is 22.5. The molecule has 0 aliphatic carbocycles. The van der Waals surface area contributed by atoms with Crippen molar-refractivity contribution in [2.24, 2.45) is 0 Å². The van der Waals surface area contributed by atoms with Crippen molar-refractivity contribution in [3.8, 4) is 0 Å². The van der Waals surface area contributed by atoms with Crippen LogP contribution in [0.25, 0.3) is 0 Å². The molecule has 1 fully saturated rings. The van der Waals surface area contributed by atoms with Crippen LogP contribution in [0.3, 0.4) is 0 Å². The molecule has 4 rings (SSSR count). The van der Waals surface area contributed by atoms with E-state index in [1.54, 1.807) is 42.2 Å². The second-order valence-corrected chi connectivity index (χ2v) is 8.41. The average Bonchev–Trinajstić information content (AvgIpc) is 3.49. The van der Waals surface area contributed by atoms with E-state index in [1.807, 2.05) is 11.4 Å². The van der Waals surface area contributed by atoms with Gasteiger partial charge in [-0.1, -0.05) is 6.07 Å². The molecule has 1 saturated heterocycles. The minimum atomic E-state index is -0.705. The lowest BCUT2D eigenvalue weighted by atomic mass is 10.0. The molecule has 2 aliphatic rings. The Bertz CT molecular complexity index is 1090. The third-order valence-corrected chi connectivity index (χ3v) is 6.25. The van der Waals surface area contributed by atoms with Crippen molar-refractivity contribution in [1.29, 1.82) is 0 Å².